The maximum atomic E-state index is 4.53. The Morgan fingerprint density at radius 1 is 1.19 bits per heavy atom. The van der Waals surface area contributed by atoms with E-state index in [1.165, 1.54) is 18.4 Å². The molecule has 4 heterocycles. The lowest BCUT2D eigenvalue weighted by atomic mass is 9.97. The molecule has 1 saturated heterocycles. The molecule has 3 aromatic rings. The molecule has 1 aliphatic heterocycles. The zero-order valence-corrected chi connectivity index (χ0v) is 15.4. The van der Waals surface area contributed by atoms with Crippen molar-refractivity contribution < 1.29 is 0 Å². The molecule has 0 N–H and O–H groups in total. The van der Waals surface area contributed by atoms with Crippen molar-refractivity contribution in [1.82, 2.24) is 34.2 Å². The summed E-state index contributed by atoms with van der Waals surface area (Å²) in [6.07, 6.45) is 9.94. The minimum absolute atomic E-state index is 0.426. The molecule has 4 rings (SSSR count). The van der Waals surface area contributed by atoms with Crippen molar-refractivity contribution in [1.29, 1.82) is 0 Å². The smallest absolute Gasteiger partial charge is 0.152 e. The molecule has 1 atom stereocenters. The van der Waals surface area contributed by atoms with Crippen molar-refractivity contribution in [2.45, 2.75) is 38.8 Å². The molecule has 0 radical (unpaired) electrons. The van der Waals surface area contributed by atoms with Crippen LogP contribution >= 0.6 is 0 Å². The van der Waals surface area contributed by atoms with Crippen LogP contribution in [0.1, 0.15) is 41.8 Å². The molecule has 0 unspecified atom stereocenters. The molecule has 3 aromatic heterocycles. The third-order valence-corrected chi connectivity index (χ3v) is 5.23. The summed E-state index contributed by atoms with van der Waals surface area (Å²) in [4.78, 5) is 11.0. The zero-order chi connectivity index (χ0) is 17.9. The fourth-order valence-corrected chi connectivity index (χ4v) is 3.75. The monoisotopic (exact) mass is 351 g/mol. The Kier molecular flexibility index (Phi) is 4.79. The summed E-state index contributed by atoms with van der Waals surface area (Å²) in [5.74, 6) is 3.49. The van der Waals surface area contributed by atoms with E-state index >= 15 is 0 Å². The largest absolute Gasteiger partial charge is 0.328 e. The van der Waals surface area contributed by atoms with Gasteiger partial charge in [-0.05, 0) is 37.9 Å². The van der Waals surface area contributed by atoms with Crippen LogP contribution in [-0.2, 0) is 20.1 Å². The third-order valence-electron chi connectivity index (χ3n) is 5.23. The normalized spacial score (nSPS) is 18.3. The highest BCUT2D eigenvalue weighted by atomic mass is 15.3. The summed E-state index contributed by atoms with van der Waals surface area (Å²) in [5, 5.41) is 8.98. The molecule has 7 nitrogen and oxygen atoms in total. The number of rotatable bonds is 5. The second-order valence-electron chi connectivity index (χ2n) is 7.07. The van der Waals surface area contributed by atoms with E-state index in [4.69, 9.17) is 0 Å². The molecule has 0 spiro atoms. The molecule has 0 saturated carbocycles. The summed E-state index contributed by atoms with van der Waals surface area (Å²) < 4.78 is 4.26. The minimum atomic E-state index is 0.426. The van der Waals surface area contributed by atoms with Gasteiger partial charge < -0.3 is 9.13 Å². The molecule has 0 bridgehead atoms. The van der Waals surface area contributed by atoms with Crippen molar-refractivity contribution in [3.05, 3.63) is 60.0 Å². The van der Waals surface area contributed by atoms with Gasteiger partial charge in [-0.3, -0.25) is 9.88 Å². The highest BCUT2D eigenvalue weighted by molar-refractivity contribution is 5.10. The van der Waals surface area contributed by atoms with E-state index in [1.54, 1.807) is 0 Å². The predicted molar refractivity (Wildman–Crippen MR) is 98.6 cm³/mol. The lowest BCUT2D eigenvalue weighted by Gasteiger charge is -2.32. The molecule has 1 aliphatic rings. The van der Waals surface area contributed by atoms with Crippen LogP contribution < -0.4 is 0 Å². The number of likely N-dealkylation sites (tertiary alicyclic amines) is 1. The number of aryl methyl sites for hydroxylation is 1. The first kappa shape index (κ1) is 16.9. The minimum Gasteiger partial charge on any atom is -0.328 e. The Bertz CT molecular complexity index is 852. The molecule has 7 heteroatoms. The van der Waals surface area contributed by atoms with Crippen LogP contribution in [0.15, 0.2) is 36.9 Å². The van der Waals surface area contributed by atoms with Gasteiger partial charge in [-0.1, -0.05) is 6.07 Å². The highest BCUT2D eigenvalue weighted by Gasteiger charge is 2.26. The van der Waals surface area contributed by atoms with Gasteiger partial charge in [0.2, 0.25) is 0 Å². The number of nitrogens with zero attached hydrogens (tertiary/aromatic N) is 7. The molecular weight excluding hydrogens is 326 g/mol. The van der Waals surface area contributed by atoms with E-state index in [0.29, 0.717) is 12.5 Å². The first-order chi connectivity index (χ1) is 12.7. The van der Waals surface area contributed by atoms with Crippen molar-refractivity contribution in [2.24, 2.45) is 7.05 Å². The molecule has 1 fully saturated rings. The predicted octanol–water partition coefficient (Wildman–Crippen LogP) is 2.14. The Morgan fingerprint density at radius 2 is 2.12 bits per heavy atom. The number of hydrogen-bond donors (Lipinski definition) is 0. The maximum absolute atomic E-state index is 4.53. The first-order valence-corrected chi connectivity index (χ1v) is 9.18. The summed E-state index contributed by atoms with van der Waals surface area (Å²) >= 11 is 0. The van der Waals surface area contributed by atoms with E-state index < -0.39 is 0 Å². The molecule has 0 aliphatic carbocycles. The molecule has 0 aromatic carbocycles. The summed E-state index contributed by atoms with van der Waals surface area (Å²) in [6.45, 7) is 5.81. The van der Waals surface area contributed by atoms with Gasteiger partial charge >= 0.3 is 0 Å². The topological polar surface area (TPSA) is 64.7 Å². The Morgan fingerprint density at radius 3 is 2.88 bits per heavy atom. The highest BCUT2D eigenvalue weighted by Crippen LogP contribution is 2.26. The number of imidazole rings is 1. The van der Waals surface area contributed by atoms with Crippen molar-refractivity contribution in [3.8, 4) is 0 Å². The second kappa shape index (κ2) is 7.37. The molecule has 136 valence electrons. The average molecular weight is 351 g/mol. The summed E-state index contributed by atoms with van der Waals surface area (Å²) in [6, 6.07) is 4.15. The third kappa shape index (κ3) is 3.53. The SMILES string of the molecule is Cc1nccn1Cc1nnc([C@H]2CCCN(Cc3cccnc3)C2)n1C. The van der Waals surface area contributed by atoms with Crippen LogP contribution in [0.25, 0.3) is 0 Å². The van der Waals surface area contributed by atoms with Gasteiger partial charge in [0.05, 0.1) is 6.54 Å². The quantitative estimate of drug-likeness (QED) is 0.705. The number of pyridine rings is 1. The van der Waals surface area contributed by atoms with Gasteiger partial charge in [0.15, 0.2) is 5.82 Å². The maximum Gasteiger partial charge on any atom is 0.152 e. The van der Waals surface area contributed by atoms with Crippen LogP contribution in [0.2, 0.25) is 0 Å². The van der Waals surface area contributed by atoms with Crippen LogP contribution in [0.5, 0.6) is 0 Å². The van der Waals surface area contributed by atoms with Crippen LogP contribution in [0.4, 0.5) is 0 Å². The van der Waals surface area contributed by atoms with Crippen LogP contribution in [0, 0.1) is 6.92 Å². The van der Waals surface area contributed by atoms with Gasteiger partial charge in [-0.25, -0.2) is 4.98 Å². The van der Waals surface area contributed by atoms with Gasteiger partial charge in [0, 0.05) is 50.8 Å². The Hall–Kier alpha value is -2.54. The second-order valence-corrected chi connectivity index (χ2v) is 7.07. The van der Waals surface area contributed by atoms with Gasteiger partial charge in [0.25, 0.3) is 0 Å². The number of piperidine rings is 1. The van der Waals surface area contributed by atoms with E-state index in [2.05, 4.69) is 47.3 Å². The lowest BCUT2D eigenvalue weighted by Crippen LogP contribution is -2.34. The van der Waals surface area contributed by atoms with E-state index in [0.717, 1.165) is 37.1 Å². The zero-order valence-electron chi connectivity index (χ0n) is 15.4. The average Bonchev–Trinajstić information content (AvgIpc) is 3.23. The molecular formula is C19H25N7. The fraction of sp³-hybridized carbons (Fsp3) is 0.474. The van der Waals surface area contributed by atoms with Crippen molar-refractivity contribution in [2.75, 3.05) is 13.1 Å². The standard InChI is InChI=1S/C19H25N7/c1-15-21-8-10-26(15)14-18-22-23-19(24(18)2)17-6-4-9-25(13-17)12-16-5-3-7-20-11-16/h3,5,7-8,10-11,17H,4,6,9,12-14H2,1-2H3/t17-/m0/s1. The van der Waals surface area contributed by atoms with Crippen LogP contribution in [0.3, 0.4) is 0 Å². The van der Waals surface area contributed by atoms with Gasteiger partial charge in [-0.15, -0.1) is 10.2 Å². The van der Waals surface area contributed by atoms with Crippen molar-refractivity contribution in [3.63, 3.8) is 0 Å². The summed E-state index contributed by atoms with van der Waals surface area (Å²) in [5.41, 5.74) is 1.27. The Labute approximate surface area is 153 Å². The Balaban J connectivity index is 1.46. The van der Waals surface area contributed by atoms with Crippen LogP contribution in [-0.4, -0.2) is 47.3 Å². The summed E-state index contributed by atoms with van der Waals surface area (Å²) in [7, 11) is 2.08. The lowest BCUT2D eigenvalue weighted by molar-refractivity contribution is 0.195. The van der Waals surface area contributed by atoms with Crippen molar-refractivity contribution >= 4 is 0 Å². The molecule has 0 amide bonds. The van der Waals surface area contributed by atoms with Gasteiger partial charge in [-0.2, -0.15) is 0 Å². The number of hydrogen-bond acceptors (Lipinski definition) is 5. The number of aromatic nitrogens is 6. The van der Waals surface area contributed by atoms with E-state index in [1.807, 2.05) is 37.8 Å². The van der Waals surface area contributed by atoms with Gasteiger partial charge in [0.1, 0.15) is 11.6 Å². The first-order valence-electron chi connectivity index (χ1n) is 9.18. The van der Waals surface area contributed by atoms with E-state index in [-0.39, 0.29) is 0 Å². The van der Waals surface area contributed by atoms with E-state index in [9.17, 15) is 0 Å². The fourth-order valence-electron chi connectivity index (χ4n) is 3.75. The molecule has 26 heavy (non-hydrogen) atoms.